The van der Waals surface area contributed by atoms with Crippen molar-refractivity contribution in [1.29, 1.82) is 0 Å². The molecule has 0 aliphatic carbocycles. The van der Waals surface area contributed by atoms with Gasteiger partial charge in [0.1, 0.15) is 5.54 Å². The number of anilines is 1. The summed E-state index contributed by atoms with van der Waals surface area (Å²) < 4.78 is 0. The smallest absolute Gasteiger partial charge is 0.330 e. The zero-order valence-electron chi connectivity index (χ0n) is 12.4. The summed E-state index contributed by atoms with van der Waals surface area (Å²) in [5.74, 6) is -0.316. The van der Waals surface area contributed by atoms with Crippen molar-refractivity contribution in [2.75, 3.05) is 29.5 Å². The van der Waals surface area contributed by atoms with Gasteiger partial charge in [-0.1, -0.05) is 0 Å². The van der Waals surface area contributed by atoms with Crippen LogP contribution in [0.1, 0.15) is 16.8 Å². The standard InChI is InChI=1S/C15H17N3O4S/c19-12(17-15(13(20)21)5-8-23-9-15)10-1-3-11(4-2-10)18-7-6-16-14(18)22/h1-4H,5-9H2,(H,16,22)(H,17,19)(H,20,21). The highest BCUT2D eigenvalue weighted by atomic mass is 32.2. The fraction of sp³-hybridized carbons (Fsp3) is 0.400. The molecule has 1 atom stereocenters. The van der Waals surface area contributed by atoms with E-state index >= 15 is 0 Å². The molecule has 1 unspecified atom stereocenters. The van der Waals surface area contributed by atoms with Gasteiger partial charge in [0.25, 0.3) is 5.91 Å². The third-order valence-electron chi connectivity index (χ3n) is 4.08. The van der Waals surface area contributed by atoms with E-state index in [1.807, 2.05) is 0 Å². The molecule has 122 valence electrons. The molecule has 2 fully saturated rings. The van der Waals surface area contributed by atoms with Gasteiger partial charge in [-0.3, -0.25) is 9.69 Å². The Bertz CT molecular complexity index is 641. The summed E-state index contributed by atoms with van der Waals surface area (Å²) in [5, 5.41) is 14.8. The molecule has 2 aliphatic heterocycles. The van der Waals surface area contributed by atoms with Crippen molar-refractivity contribution in [3.8, 4) is 0 Å². The first-order valence-electron chi connectivity index (χ1n) is 7.31. The zero-order valence-corrected chi connectivity index (χ0v) is 13.2. The van der Waals surface area contributed by atoms with Crippen LogP contribution in [0, 0.1) is 0 Å². The van der Waals surface area contributed by atoms with Gasteiger partial charge in [-0.2, -0.15) is 11.8 Å². The maximum atomic E-state index is 12.3. The molecule has 23 heavy (non-hydrogen) atoms. The van der Waals surface area contributed by atoms with Gasteiger partial charge < -0.3 is 15.7 Å². The lowest BCUT2D eigenvalue weighted by atomic mass is 9.98. The highest BCUT2D eigenvalue weighted by Gasteiger charge is 2.43. The maximum absolute atomic E-state index is 12.3. The molecule has 3 N–H and O–H groups in total. The van der Waals surface area contributed by atoms with Crippen molar-refractivity contribution in [2.45, 2.75) is 12.0 Å². The lowest BCUT2D eigenvalue weighted by molar-refractivity contribution is -0.143. The average Bonchev–Trinajstić information content (AvgIpc) is 3.17. The van der Waals surface area contributed by atoms with Crippen LogP contribution in [0.2, 0.25) is 0 Å². The van der Waals surface area contributed by atoms with E-state index in [9.17, 15) is 19.5 Å². The van der Waals surface area contributed by atoms with Crippen molar-refractivity contribution < 1.29 is 19.5 Å². The molecule has 1 aromatic rings. The van der Waals surface area contributed by atoms with Gasteiger partial charge in [0, 0.05) is 30.1 Å². The van der Waals surface area contributed by atoms with Crippen LogP contribution in [0.3, 0.4) is 0 Å². The highest BCUT2D eigenvalue weighted by molar-refractivity contribution is 7.99. The van der Waals surface area contributed by atoms with Crippen LogP contribution in [0.15, 0.2) is 24.3 Å². The molecule has 0 spiro atoms. The number of carbonyl (C=O) groups is 3. The number of aliphatic carboxylic acids is 1. The number of benzene rings is 1. The van der Waals surface area contributed by atoms with Gasteiger partial charge in [-0.05, 0) is 36.4 Å². The summed E-state index contributed by atoms with van der Waals surface area (Å²) in [6.07, 6.45) is 0.421. The Labute approximate surface area is 137 Å². The van der Waals surface area contributed by atoms with E-state index in [1.165, 1.54) is 11.8 Å². The topological polar surface area (TPSA) is 98.7 Å². The molecule has 8 heteroatoms. The molecule has 3 amide bonds. The Hall–Kier alpha value is -2.22. The SMILES string of the molecule is O=C(NC1(C(=O)O)CCSC1)c1ccc(N2CCNC2=O)cc1. The monoisotopic (exact) mass is 335 g/mol. The largest absolute Gasteiger partial charge is 0.479 e. The summed E-state index contributed by atoms with van der Waals surface area (Å²) in [5.41, 5.74) is -0.0956. The molecule has 2 saturated heterocycles. The first-order valence-corrected chi connectivity index (χ1v) is 8.46. The lowest BCUT2D eigenvalue weighted by Crippen LogP contribution is -2.54. The van der Waals surface area contributed by atoms with Crippen LogP contribution < -0.4 is 15.5 Å². The quantitative estimate of drug-likeness (QED) is 0.759. The molecule has 0 saturated carbocycles. The van der Waals surface area contributed by atoms with E-state index < -0.39 is 17.4 Å². The van der Waals surface area contributed by atoms with Gasteiger partial charge >= 0.3 is 12.0 Å². The normalized spacial score (nSPS) is 23.7. The molecule has 0 radical (unpaired) electrons. The minimum absolute atomic E-state index is 0.157. The predicted molar refractivity (Wildman–Crippen MR) is 87.0 cm³/mol. The number of carbonyl (C=O) groups excluding carboxylic acids is 2. The van der Waals surface area contributed by atoms with E-state index in [1.54, 1.807) is 29.2 Å². The number of hydrogen-bond acceptors (Lipinski definition) is 4. The first-order chi connectivity index (χ1) is 11.0. The maximum Gasteiger partial charge on any atom is 0.330 e. The number of nitrogens with one attached hydrogen (secondary N) is 2. The number of carboxylic acids is 1. The third kappa shape index (κ3) is 2.98. The molecule has 0 bridgehead atoms. The molecular formula is C15H17N3O4S. The molecule has 2 heterocycles. The van der Waals surface area contributed by atoms with Crippen LogP contribution >= 0.6 is 11.8 Å². The van der Waals surface area contributed by atoms with E-state index in [-0.39, 0.29) is 6.03 Å². The van der Waals surface area contributed by atoms with E-state index in [0.29, 0.717) is 36.5 Å². The second-order valence-electron chi connectivity index (χ2n) is 5.57. The zero-order chi connectivity index (χ0) is 16.4. The minimum Gasteiger partial charge on any atom is -0.479 e. The van der Waals surface area contributed by atoms with Gasteiger partial charge in [-0.15, -0.1) is 0 Å². The second-order valence-corrected chi connectivity index (χ2v) is 6.68. The minimum atomic E-state index is -1.19. The first kappa shape index (κ1) is 15.7. The Morgan fingerprint density at radius 2 is 2.04 bits per heavy atom. The number of rotatable bonds is 4. The van der Waals surface area contributed by atoms with Gasteiger partial charge in [-0.25, -0.2) is 9.59 Å². The number of amides is 3. The fourth-order valence-corrected chi connectivity index (χ4v) is 4.01. The Balaban J connectivity index is 1.73. The summed E-state index contributed by atoms with van der Waals surface area (Å²) in [6, 6.07) is 6.43. The van der Waals surface area contributed by atoms with Crippen molar-refractivity contribution in [3.63, 3.8) is 0 Å². The van der Waals surface area contributed by atoms with Crippen LogP contribution in [-0.2, 0) is 4.79 Å². The van der Waals surface area contributed by atoms with Crippen molar-refractivity contribution in [2.24, 2.45) is 0 Å². The molecular weight excluding hydrogens is 318 g/mol. The number of carboxylic acid groups (broad SMARTS) is 1. The van der Waals surface area contributed by atoms with Crippen LogP contribution in [0.25, 0.3) is 0 Å². The summed E-state index contributed by atoms with van der Waals surface area (Å²) >= 11 is 1.52. The van der Waals surface area contributed by atoms with Gasteiger partial charge in [0.05, 0.1) is 0 Å². The molecule has 1 aromatic carbocycles. The Morgan fingerprint density at radius 3 is 2.57 bits per heavy atom. The highest BCUT2D eigenvalue weighted by Crippen LogP contribution is 2.28. The number of nitrogens with zero attached hydrogens (tertiary/aromatic N) is 1. The van der Waals surface area contributed by atoms with Crippen molar-refractivity contribution in [1.82, 2.24) is 10.6 Å². The number of hydrogen-bond donors (Lipinski definition) is 3. The van der Waals surface area contributed by atoms with E-state index in [2.05, 4.69) is 10.6 Å². The molecule has 3 rings (SSSR count). The third-order valence-corrected chi connectivity index (χ3v) is 5.27. The summed E-state index contributed by atoms with van der Waals surface area (Å²) in [6.45, 7) is 1.18. The lowest BCUT2D eigenvalue weighted by Gasteiger charge is -2.24. The van der Waals surface area contributed by atoms with E-state index in [4.69, 9.17) is 0 Å². The number of thioether (sulfide) groups is 1. The molecule has 2 aliphatic rings. The van der Waals surface area contributed by atoms with Crippen molar-refractivity contribution >= 4 is 35.4 Å². The number of urea groups is 1. The van der Waals surface area contributed by atoms with Crippen LogP contribution in [-0.4, -0.2) is 53.1 Å². The summed E-state index contributed by atoms with van der Waals surface area (Å²) in [4.78, 5) is 37.0. The van der Waals surface area contributed by atoms with Crippen LogP contribution in [0.4, 0.5) is 10.5 Å². The van der Waals surface area contributed by atoms with Gasteiger partial charge in [0.2, 0.25) is 0 Å². The van der Waals surface area contributed by atoms with E-state index in [0.717, 1.165) is 5.75 Å². The molecule has 0 aromatic heterocycles. The Morgan fingerprint density at radius 1 is 1.30 bits per heavy atom. The predicted octanol–water partition coefficient (Wildman–Crippen LogP) is 0.906. The van der Waals surface area contributed by atoms with Gasteiger partial charge in [0.15, 0.2) is 0 Å². The van der Waals surface area contributed by atoms with Crippen LogP contribution in [0.5, 0.6) is 0 Å². The Kier molecular flexibility index (Phi) is 4.16. The fourth-order valence-electron chi connectivity index (χ4n) is 2.69. The molecule has 7 nitrogen and oxygen atoms in total. The second kappa shape index (κ2) is 6.11. The van der Waals surface area contributed by atoms with Crippen molar-refractivity contribution in [3.05, 3.63) is 29.8 Å². The average molecular weight is 335 g/mol. The summed E-state index contributed by atoms with van der Waals surface area (Å²) in [7, 11) is 0.